The van der Waals surface area contributed by atoms with Crippen LogP contribution in [-0.2, 0) is 5.60 Å². The Hall–Kier alpha value is -1.56. The van der Waals surface area contributed by atoms with Gasteiger partial charge in [-0.05, 0) is 29.8 Å². The molecule has 5 heteroatoms. The summed E-state index contributed by atoms with van der Waals surface area (Å²) in [6.07, 6.45) is 3.31. The quantitative estimate of drug-likeness (QED) is 0.516. The predicted octanol–water partition coefficient (Wildman–Crippen LogP) is 4.68. The van der Waals surface area contributed by atoms with E-state index < -0.39 is 5.60 Å². The van der Waals surface area contributed by atoms with Gasteiger partial charge < -0.3 is 9.59 Å². The molecule has 148 valence electrons. The second-order valence-corrected chi connectivity index (χ2v) is 9.33. The first kappa shape index (κ1) is 19.7. The molecule has 2 aromatic rings. The van der Waals surface area contributed by atoms with Crippen molar-refractivity contribution in [3.63, 3.8) is 0 Å². The van der Waals surface area contributed by atoms with Crippen LogP contribution in [0.5, 0.6) is 0 Å². The van der Waals surface area contributed by atoms with Gasteiger partial charge in [-0.15, -0.1) is 0 Å². The molecule has 28 heavy (non-hydrogen) atoms. The van der Waals surface area contributed by atoms with Gasteiger partial charge in [0.2, 0.25) is 0 Å². The van der Waals surface area contributed by atoms with Crippen molar-refractivity contribution in [1.29, 1.82) is 0 Å². The number of benzene rings is 2. The molecule has 3 aliphatic rings. The van der Waals surface area contributed by atoms with E-state index in [4.69, 9.17) is 0 Å². The van der Waals surface area contributed by atoms with Crippen molar-refractivity contribution in [2.24, 2.45) is 5.92 Å². The number of fused-ring (bicyclic) bond motifs is 3. The smallest absolute Gasteiger partial charge is 0.163 e. The Labute approximate surface area is 173 Å². The minimum Gasteiger partial charge on any atom is -0.379 e. The van der Waals surface area contributed by atoms with E-state index in [2.05, 4.69) is 15.9 Å². The van der Waals surface area contributed by atoms with Gasteiger partial charge in [0.15, 0.2) is 5.78 Å². The van der Waals surface area contributed by atoms with Gasteiger partial charge in [0.05, 0.1) is 19.6 Å². The van der Waals surface area contributed by atoms with Gasteiger partial charge in [-0.25, -0.2) is 4.39 Å². The molecule has 3 fully saturated rings. The third kappa shape index (κ3) is 3.80. The van der Waals surface area contributed by atoms with Crippen LogP contribution in [0.2, 0.25) is 0 Å². The number of aliphatic hydroxyl groups is 1. The van der Waals surface area contributed by atoms with Crippen LogP contribution >= 0.6 is 15.9 Å². The Morgan fingerprint density at radius 1 is 1.11 bits per heavy atom. The summed E-state index contributed by atoms with van der Waals surface area (Å²) in [5, 5.41) is 11.5. The topological polar surface area (TPSA) is 37.3 Å². The molecule has 2 bridgehead atoms. The highest BCUT2D eigenvalue weighted by atomic mass is 79.9. The number of rotatable bonds is 6. The maximum absolute atomic E-state index is 13.3. The second-order valence-electron chi connectivity index (χ2n) is 8.41. The van der Waals surface area contributed by atoms with Crippen LogP contribution in [0.15, 0.2) is 53.0 Å². The lowest BCUT2D eigenvalue weighted by Crippen LogP contribution is -2.67. The molecule has 1 atom stereocenters. The highest BCUT2D eigenvalue weighted by molar-refractivity contribution is 9.10. The molecular weight excluding hydrogens is 421 g/mol. The van der Waals surface area contributed by atoms with E-state index >= 15 is 0 Å². The molecule has 3 saturated heterocycles. The molecule has 5 rings (SSSR count). The third-order valence-corrected chi connectivity index (χ3v) is 7.23. The van der Waals surface area contributed by atoms with Gasteiger partial charge in [-0.1, -0.05) is 40.2 Å². The molecular formula is C23H26BrFNO2+. The van der Waals surface area contributed by atoms with Gasteiger partial charge in [0.25, 0.3) is 0 Å². The maximum atomic E-state index is 13.3. The molecule has 0 unspecified atom stereocenters. The lowest BCUT2D eigenvalue weighted by Gasteiger charge is -2.56. The highest BCUT2D eigenvalue weighted by Crippen LogP contribution is 2.46. The number of nitrogens with zero attached hydrogens (tertiary/aromatic N) is 1. The minimum atomic E-state index is -0.889. The van der Waals surface area contributed by atoms with Crippen molar-refractivity contribution in [2.45, 2.75) is 31.3 Å². The predicted molar refractivity (Wildman–Crippen MR) is 110 cm³/mol. The Kier molecular flexibility index (Phi) is 5.43. The first-order valence-corrected chi connectivity index (χ1v) is 10.8. The number of carbonyl (C=O) groups is 1. The van der Waals surface area contributed by atoms with Crippen molar-refractivity contribution in [2.75, 3.05) is 26.2 Å². The van der Waals surface area contributed by atoms with Gasteiger partial charge >= 0.3 is 0 Å². The molecule has 0 aromatic heterocycles. The van der Waals surface area contributed by atoms with Crippen LogP contribution in [0.25, 0.3) is 0 Å². The fourth-order valence-corrected chi connectivity index (χ4v) is 5.38. The van der Waals surface area contributed by atoms with Crippen LogP contribution in [0.1, 0.15) is 41.6 Å². The first-order valence-electron chi connectivity index (χ1n) is 10.0. The summed E-state index contributed by atoms with van der Waals surface area (Å²) >= 11 is 3.40. The zero-order valence-corrected chi connectivity index (χ0v) is 17.5. The molecule has 0 spiro atoms. The molecule has 2 aromatic carbocycles. The monoisotopic (exact) mass is 446 g/mol. The number of hydrogen-bond acceptors (Lipinski definition) is 2. The zero-order chi connectivity index (χ0) is 19.8. The molecule has 3 heterocycles. The van der Waals surface area contributed by atoms with Gasteiger partial charge in [-0.2, -0.15) is 0 Å². The molecule has 0 radical (unpaired) electrons. The van der Waals surface area contributed by atoms with Crippen LogP contribution in [0.4, 0.5) is 4.39 Å². The Balaban J connectivity index is 1.42. The Morgan fingerprint density at radius 3 is 2.39 bits per heavy atom. The van der Waals surface area contributed by atoms with Gasteiger partial charge in [0, 0.05) is 41.6 Å². The maximum Gasteiger partial charge on any atom is 0.163 e. The standard InChI is InChI=1S/C23H26BrFNO2/c24-20-7-3-17(4-8-20)22(27)2-1-13-26-14-11-19(12-15-26)23(28,16-26)18-5-9-21(25)10-6-18/h3-10,19,28H,1-2,11-16H2/q+1/t19?,23-,26?/m0/s1. The highest BCUT2D eigenvalue weighted by Gasteiger charge is 2.54. The summed E-state index contributed by atoms with van der Waals surface area (Å²) in [7, 11) is 0. The number of quaternary nitrogens is 1. The van der Waals surface area contributed by atoms with Crippen molar-refractivity contribution in [3.05, 3.63) is 69.9 Å². The molecule has 3 nitrogen and oxygen atoms in total. The number of hydrogen-bond donors (Lipinski definition) is 1. The average Bonchev–Trinajstić information content (AvgIpc) is 2.69. The summed E-state index contributed by atoms with van der Waals surface area (Å²) in [6, 6.07) is 13.8. The number of ketones is 1. The second kappa shape index (κ2) is 7.69. The van der Waals surface area contributed by atoms with E-state index in [0.717, 1.165) is 59.0 Å². The Bertz CT molecular complexity index is 844. The number of Topliss-reactive ketones (excluding diaryl/α,β-unsaturated/α-hetero) is 1. The zero-order valence-electron chi connectivity index (χ0n) is 15.9. The van der Waals surface area contributed by atoms with E-state index in [1.165, 1.54) is 12.1 Å². The van der Waals surface area contributed by atoms with Crippen LogP contribution in [-0.4, -0.2) is 41.6 Å². The largest absolute Gasteiger partial charge is 0.379 e. The number of piperidine rings is 3. The van der Waals surface area contributed by atoms with E-state index in [1.54, 1.807) is 12.1 Å². The van der Waals surface area contributed by atoms with E-state index in [1.807, 2.05) is 24.3 Å². The van der Waals surface area contributed by atoms with E-state index in [0.29, 0.717) is 13.0 Å². The molecule has 3 aliphatic heterocycles. The summed E-state index contributed by atoms with van der Waals surface area (Å²) in [5.41, 5.74) is 0.690. The summed E-state index contributed by atoms with van der Waals surface area (Å²) in [4.78, 5) is 12.5. The summed E-state index contributed by atoms with van der Waals surface area (Å²) in [5.74, 6) is 0.137. The summed E-state index contributed by atoms with van der Waals surface area (Å²) in [6.45, 7) is 3.68. The van der Waals surface area contributed by atoms with Crippen molar-refractivity contribution < 1.29 is 18.8 Å². The van der Waals surface area contributed by atoms with Crippen molar-refractivity contribution in [3.8, 4) is 0 Å². The van der Waals surface area contributed by atoms with Crippen molar-refractivity contribution >= 4 is 21.7 Å². The van der Waals surface area contributed by atoms with Crippen LogP contribution < -0.4 is 0 Å². The van der Waals surface area contributed by atoms with Crippen molar-refractivity contribution in [1.82, 2.24) is 0 Å². The Morgan fingerprint density at radius 2 is 1.75 bits per heavy atom. The van der Waals surface area contributed by atoms with Gasteiger partial charge in [-0.3, -0.25) is 4.79 Å². The molecule has 0 saturated carbocycles. The molecule has 0 aliphatic carbocycles. The lowest BCUT2D eigenvalue weighted by atomic mass is 9.70. The summed E-state index contributed by atoms with van der Waals surface area (Å²) < 4.78 is 15.2. The fourth-order valence-electron chi connectivity index (χ4n) is 5.11. The average molecular weight is 447 g/mol. The number of carbonyl (C=O) groups excluding carboxylic acids is 1. The third-order valence-electron chi connectivity index (χ3n) is 6.70. The lowest BCUT2D eigenvalue weighted by molar-refractivity contribution is -0.952. The van der Waals surface area contributed by atoms with Crippen LogP contribution in [0, 0.1) is 11.7 Å². The van der Waals surface area contributed by atoms with Gasteiger partial charge in [0.1, 0.15) is 18.0 Å². The first-order chi connectivity index (χ1) is 13.4. The molecule has 1 N–H and O–H groups in total. The number of halogens is 2. The minimum absolute atomic E-state index is 0.173. The van der Waals surface area contributed by atoms with E-state index in [-0.39, 0.29) is 17.5 Å². The normalized spacial score (nSPS) is 29.0. The van der Waals surface area contributed by atoms with E-state index in [9.17, 15) is 14.3 Å². The molecule has 0 amide bonds. The SMILES string of the molecule is O=C(CCC[N+]12CCC(CC1)[C@@](O)(c1ccc(F)cc1)C2)c1ccc(Br)cc1. The van der Waals surface area contributed by atoms with Crippen LogP contribution in [0.3, 0.4) is 0 Å². The fraction of sp³-hybridized carbons (Fsp3) is 0.435.